The first-order valence-electron chi connectivity index (χ1n) is 5.37. The third-order valence-electron chi connectivity index (χ3n) is 2.40. The van der Waals surface area contributed by atoms with Gasteiger partial charge in [-0.3, -0.25) is 19.8 Å². The van der Waals surface area contributed by atoms with Crippen LogP contribution in [0.5, 0.6) is 0 Å². The van der Waals surface area contributed by atoms with Crippen molar-refractivity contribution in [2.24, 2.45) is 0 Å². The summed E-state index contributed by atoms with van der Waals surface area (Å²) >= 11 is 0. The molecule has 9 heteroatoms. The highest BCUT2D eigenvalue weighted by molar-refractivity contribution is 7.92. The quantitative estimate of drug-likeness (QED) is 0.498. The van der Waals surface area contributed by atoms with E-state index in [0.717, 1.165) is 12.1 Å². The van der Waals surface area contributed by atoms with Crippen molar-refractivity contribution in [3.8, 4) is 0 Å². The Morgan fingerprint density at radius 2 is 1.85 bits per heavy atom. The summed E-state index contributed by atoms with van der Waals surface area (Å²) in [4.78, 5) is 13.4. The molecule has 0 atom stereocenters. The summed E-state index contributed by atoms with van der Waals surface area (Å²) in [5.41, 5.74) is 5.32. The van der Waals surface area contributed by atoms with Crippen LogP contribution in [0.15, 0.2) is 47.6 Å². The fourth-order valence-electron chi connectivity index (χ4n) is 1.53. The van der Waals surface area contributed by atoms with Crippen LogP contribution in [0.1, 0.15) is 0 Å². The van der Waals surface area contributed by atoms with Gasteiger partial charge in [0.1, 0.15) is 0 Å². The second kappa shape index (κ2) is 5.13. The predicted molar refractivity (Wildman–Crippen MR) is 72.6 cm³/mol. The van der Waals surface area contributed by atoms with Gasteiger partial charge in [-0.2, -0.15) is 0 Å². The van der Waals surface area contributed by atoms with Crippen LogP contribution in [0.2, 0.25) is 0 Å². The van der Waals surface area contributed by atoms with E-state index in [1.165, 1.54) is 30.6 Å². The summed E-state index contributed by atoms with van der Waals surface area (Å²) in [6.45, 7) is 0. The maximum Gasteiger partial charge on any atom is 0.290 e. The molecule has 104 valence electrons. The maximum absolute atomic E-state index is 12.2. The van der Waals surface area contributed by atoms with Crippen molar-refractivity contribution >= 4 is 27.1 Å². The zero-order valence-electron chi connectivity index (χ0n) is 10.1. The smallest absolute Gasteiger partial charge is 0.290 e. The number of nitrogens with zero attached hydrogens (tertiary/aromatic N) is 2. The van der Waals surface area contributed by atoms with Gasteiger partial charge in [0.05, 0.1) is 10.6 Å². The lowest BCUT2D eigenvalue weighted by Gasteiger charge is -2.08. The number of pyridine rings is 1. The second-order valence-corrected chi connectivity index (χ2v) is 5.48. The Hall–Kier alpha value is -2.68. The summed E-state index contributed by atoms with van der Waals surface area (Å²) in [7, 11) is -4.11. The SMILES string of the molecule is Nc1ccc([N+](=O)[O-])c(S(=O)(=O)Nc2ccncc2)c1. The van der Waals surface area contributed by atoms with E-state index < -0.39 is 25.5 Å². The number of nitrogens with one attached hydrogen (secondary N) is 1. The summed E-state index contributed by atoms with van der Waals surface area (Å²) in [6.07, 6.45) is 2.79. The lowest BCUT2D eigenvalue weighted by molar-refractivity contribution is -0.387. The van der Waals surface area contributed by atoms with Crippen LogP contribution in [0.25, 0.3) is 0 Å². The molecule has 0 unspecified atom stereocenters. The summed E-state index contributed by atoms with van der Waals surface area (Å²) < 4.78 is 26.6. The number of rotatable bonds is 4. The molecule has 1 aromatic carbocycles. The molecule has 0 spiro atoms. The van der Waals surface area contributed by atoms with Gasteiger partial charge in [0.2, 0.25) is 0 Å². The van der Waals surface area contributed by atoms with E-state index in [0.29, 0.717) is 0 Å². The Balaban J connectivity index is 2.49. The minimum Gasteiger partial charge on any atom is -0.399 e. The van der Waals surface area contributed by atoms with Crippen molar-refractivity contribution in [1.82, 2.24) is 4.98 Å². The molecule has 3 N–H and O–H groups in total. The predicted octanol–water partition coefficient (Wildman–Crippen LogP) is 1.37. The first-order chi connectivity index (χ1) is 9.40. The Labute approximate surface area is 114 Å². The molecule has 2 rings (SSSR count). The first-order valence-corrected chi connectivity index (χ1v) is 6.85. The third kappa shape index (κ3) is 2.83. The number of anilines is 2. The molecule has 0 aliphatic rings. The van der Waals surface area contributed by atoms with E-state index in [-0.39, 0.29) is 11.4 Å². The molecular formula is C11H10N4O4S. The standard InChI is InChI=1S/C11H10N4O4S/c12-8-1-2-10(15(16)17)11(7-8)20(18,19)14-9-3-5-13-6-4-9/h1-7H,12H2,(H,13,14). The molecule has 0 saturated heterocycles. The number of hydrogen-bond donors (Lipinski definition) is 2. The van der Waals surface area contributed by atoms with Crippen LogP contribution < -0.4 is 10.5 Å². The Morgan fingerprint density at radius 1 is 1.20 bits per heavy atom. The molecular weight excluding hydrogens is 284 g/mol. The number of nitrogen functional groups attached to an aromatic ring is 1. The van der Waals surface area contributed by atoms with E-state index in [1.54, 1.807) is 0 Å². The van der Waals surface area contributed by atoms with Crippen molar-refractivity contribution in [3.63, 3.8) is 0 Å². The second-order valence-electron chi connectivity index (χ2n) is 3.83. The van der Waals surface area contributed by atoms with E-state index in [9.17, 15) is 18.5 Å². The maximum atomic E-state index is 12.2. The minimum atomic E-state index is -4.11. The van der Waals surface area contributed by atoms with E-state index in [4.69, 9.17) is 5.73 Å². The zero-order chi connectivity index (χ0) is 14.8. The highest BCUT2D eigenvalue weighted by atomic mass is 32.2. The minimum absolute atomic E-state index is 0.116. The molecule has 0 amide bonds. The van der Waals surface area contributed by atoms with Crippen LogP contribution in [-0.4, -0.2) is 18.3 Å². The van der Waals surface area contributed by atoms with Gasteiger partial charge in [-0.05, 0) is 24.3 Å². The lowest BCUT2D eigenvalue weighted by Crippen LogP contribution is -2.15. The van der Waals surface area contributed by atoms with Crippen molar-refractivity contribution in [1.29, 1.82) is 0 Å². The van der Waals surface area contributed by atoms with Crippen LogP contribution >= 0.6 is 0 Å². The van der Waals surface area contributed by atoms with Gasteiger partial charge in [-0.1, -0.05) is 0 Å². The number of benzene rings is 1. The number of sulfonamides is 1. The summed E-state index contributed by atoms with van der Waals surface area (Å²) in [6, 6.07) is 6.22. The average molecular weight is 294 g/mol. The molecule has 1 aromatic heterocycles. The number of nitro groups is 1. The monoisotopic (exact) mass is 294 g/mol. The Bertz CT molecular complexity index is 746. The molecule has 0 aliphatic heterocycles. The fraction of sp³-hybridized carbons (Fsp3) is 0. The first kappa shape index (κ1) is 13.7. The van der Waals surface area contributed by atoms with Gasteiger partial charge in [-0.15, -0.1) is 0 Å². The highest BCUT2D eigenvalue weighted by Crippen LogP contribution is 2.27. The van der Waals surface area contributed by atoms with Crippen molar-refractivity contribution < 1.29 is 13.3 Å². The van der Waals surface area contributed by atoms with Gasteiger partial charge in [-0.25, -0.2) is 8.42 Å². The molecule has 1 heterocycles. The van der Waals surface area contributed by atoms with Crippen molar-refractivity contribution in [3.05, 3.63) is 52.8 Å². The summed E-state index contributed by atoms with van der Waals surface area (Å²) in [5.74, 6) is 0. The third-order valence-corrected chi connectivity index (χ3v) is 3.81. The zero-order valence-corrected chi connectivity index (χ0v) is 10.9. The molecule has 0 aliphatic carbocycles. The molecule has 0 bridgehead atoms. The van der Waals surface area contributed by atoms with Crippen LogP contribution in [0.4, 0.5) is 17.1 Å². The normalized spacial score (nSPS) is 11.0. The van der Waals surface area contributed by atoms with Crippen LogP contribution in [-0.2, 0) is 10.0 Å². The number of hydrogen-bond acceptors (Lipinski definition) is 6. The molecule has 0 fully saturated rings. The van der Waals surface area contributed by atoms with Crippen molar-refractivity contribution in [2.45, 2.75) is 4.90 Å². The van der Waals surface area contributed by atoms with Gasteiger partial charge in [0.15, 0.2) is 4.90 Å². The molecule has 20 heavy (non-hydrogen) atoms. The van der Waals surface area contributed by atoms with Crippen LogP contribution in [0, 0.1) is 10.1 Å². The molecule has 0 radical (unpaired) electrons. The lowest BCUT2D eigenvalue weighted by atomic mass is 10.3. The molecule has 2 aromatic rings. The fourth-order valence-corrected chi connectivity index (χ4v) is 2.79. The average Bonchev–Trinajstić information content (AvgIpc) is 2.39. The van der Waals surface area contributed by atoms with Gasteiger partial charge in [0.25, 0.3) is 15.7 Å². The van der Waals surface area contributed by atoms with Gasteiger partial charge >= 0.3 is 0 Å². The van der Waals surface area contributed by atoms with E-state index in [1.807, 2.05) is 0 Å². The Morgan fingerprint density at radius 3 is 2.45 bits per heavy atom. The summed E-state index contributed by atoms with van der Waals surface area (Å²) in [5, 5.41) is 10.9. The highest BCUT2D eigenvalue weighted by Gasteiger charge is 2.26. The Kier molecular flexibility index (Phi) is 3.53. The van der Waals surface area contributed by atoms with Gasteiger partial charge in [0, 0.05) is 24.1 Å². The number of nitrogens with two attached hydrogens (primary N) is 1. The van der Waals surface area contributed by atoms with Crippen molar-refractivity contribution in [2.75, 3.05) is 10.5 Å². The molecule has 8 nitrogen and oxygen atoms in total. The topological polar surface area (TPSA) is 128 Å². The number of nitro benzene ring substituents is 1. The molecule has 0 saturated carbocycles. The number of aromatic nitrogens is 1. The van der Waals surface area contributed by atoms with Gasteiger partial charge < -0.3 is 5.73 Å². The van der Waals surface area contributed by atoms with E-state index in [2.05, 4.69) is 9.71 Å². The van der Waals surface area contributed by atoms with E-state index >= 15 is 0 Å². The largest absolute Gasteiger partial charge is 0.399 e. The van der Waals surface area contributed by atoms with Crippen LogP contribution in [0.3, 0.4) is 0 Å².